The summed E-state index contributed by atoms with van der Waals surface area (Å²) in [7, 11) is 2.30. The van der Waals surface area contributed by atoms with Gasteiger partial charge in [-0.15, -0.1) is 0 Å². The van der Waals surface area contributed by atoms with E-state index in [1.165, 1.54) is 63.4 Å². The molecule has 38 heavy (non-hydrogen) atoms. The van der Waals surface area contributed by atoms with Crippen molar-refractivity contribution in [3.8, 4) is 0 Å². The normalized spacial score (nSPS) is 34.9. The summed E-state index contributed by atoms with van der Waals surface area (Å²) in [6, 6.07) is 9.00. The Kier molecular flexibility index (Phi) is 7.53. The number of ether oxygens (including phenoxy) is 1. The average molecular weight is 523 g/mol. The van der Waals surface area contributed by atoms with E-state index in [2.05, 4.69) is 36.5 Å². The van der Waals surface area contributed by atoms with Crippen LogP contribution in [0.5, 0.6) is 0 Å². The Morgan fingerprint density at radius 3 is 2.21 bits per heavy atom. The predicted molar refractivity (Wildman–Crippen MR) is 148 cm³/mol. The van der Waals surface area contributed by atoms with E-state index in [-0.39, 0.29) is 17.9 Å². The van der Waals surface area contributed by atoms with Crippen LogP contribution in [0, 0.1) is 11.8 Å². The van der Waals surface area contributed by atoms with Crippen LogP contribution in [0.4, 0.5) is 0 Å². The van der Waals surface area contributed by atoms with Gasteiger partial charge in [0, 0.05) is 56.8 Å². The van der Waals surface area contributed by atoms with Crippen LogP contribution in [-0.4, -0.2) is 84.1 Å². The highest BCUT2D eigenvalue weighted by molar-refractivity contribution is 5.94. The molecule has 1 aromatic rings. The third-order valence-electron chi connectivity index (χ3n) is 10.7. The fourth-order valence-electron chi connectivity index (χ4n) is 8.50. The molecule has 7 nitrogen and oxygen atoms in total. The Morgan fingerprint density at radius 2 is 1.58 bits per heavy atom. The molecule has 2 saturated carbocycles. The second-order valence-electron chi connectivity index (χ2n) is 12.6. The van der Waals surface area contributed by atoms with Crippen LogP contribution in [0.1, 0.15) is 93.0 Å². The molecule has 0 radical (unpaired) electrons. The van der Waals surface area contributed by atoms with E-state index in [9.17, 15) is 9.59 Å². The molecule has 208 valence electrons. The van der Waals surface area contributed by atoms with Gasteiger partial charge in [-0.1, -0.05) is 37.8 Å². The summed E-state index contributed by atoms with van der Waals surface area (Å²) in [5, 5.41) is 2.53. The van der Waals surface area contributed by atoms with Crippen molar-refractivity contribution in [1.29, 1.82) is 0 Å². The van der Waals surface area contributed by atoms with Crippen molar-refractivity contribution < 1.29 is 14.3 Å². The van der Waals surface area contributed by atoms with Crippen molar-refractivity contribution in [1.82, 2.24) is 20.2 Å². The standard InChI is InChI=1S/C31H46N4O3/c1-22-27-21-25(13-15-31(27,33(2)32-22)26-7-5-3-4-6-8-26)23-9-11-24(12-10-23)29(36)34-16-18-35(19-17-34)30(37)28-14-20-38-28/h9-12,22,25-28,32H,3-8,13-21H2,1-2H3. The van der Waals surface area contributed by atoms with Crippen molar-refractivity contribution in [3.63, 3.8) is 0 Å². The maximum atomic E-state index is 13.2. The van der Waals surface area contributed by atoms with E-state index in [0.717, 1.165) is 17.9 Å². The molecule has 5 atom stereocenters. The molecule has 1 aromatic carbocycles. The number of piperazine rings is 1. The number of hydrogen-bond donors (Lipinski definition) is 1. The maximum absolute atomic E-state index is 13.2. The molecule has 3 aliphatic heterocycles. The number of carbonyl (C=O) groups is 2. The van der Waals surface area contributed by atoms with Gasteiger partial charge in [-0.25, -0.2) is 5.01 Å². The number of nitrogens with one attached hydrogen (secondary N) is 1. The summed E-state index contributed by atoms with van der Waals surface area (Å²) in [6.45, 7) is 5.43. The lowest BCUT2D eigenvalue weighted by Crippen LogP contribution is -2.56. The Hall–Kier alpha value is -1.96. The number of amides is 2. The Bertz CT molecular complexity index is 995. The Morgan fingerprint density at radius 1 is 0.921 bits per heavy atom. The smallest absolute Gasteiger partial charge is 0.253 e. The lowest BCUT2D eigenvalue weighted by atomic mass is 9.59. The van der Waals surface area contributed by atoms with Crippen molar-refractivity contribution in [2.75, 3.05) is 39.8 Å². The topological polar surface area (TPSA) is 65.1 Å². The van der Waals surface area contributed by atoms with Crippen molar-refractivity contribution in [2.45, 2.75) is 94.7 Å². The van der Waals surface area contributed by atoms with Gasteiger partial charge in [-0.05, 0) is 74.5 Å². The van der Waals surface area contributed by atoms with Gasteiger partial charge < -0.3 is 14.5 Å². The molecular formula is C31H46N4O3. The molecule has 0 spiro atoms. The van der Waals surface area contributed by atoms with Crippen LogP contribution >= 0.6 is 0 Å². The highest BCUT2D eigenvalue weighted by Crippen LogP contribution is 2.54. The SMILES string of the molecule is CC1NN(C)C2(C3CCCCCC3)CCC(c3ccc(C(=O)N4CCN(C(=O)C5CCO5)CC4)cc3)CC12. The summed E-state index contributed by atoms with van der Waals surface area (Å²) in [5.41, 5.74) is 6.26. The molecule has 7 heteroatoms. The number of benzene rings is 1. The minimum absolute atomic E-state index is 0.0785. The fourth-order valence-corrected chi connectivity index (χ4v) is 8.50. The van der Waals surface area contributed by atoms with Crippen LogP contribution < -0.4 is 5.43 Å². The molecule has 2 aliphatic carbocycles. The summed E-state index contributed by atoms with van der Waals surface area (Å²) in [4.78, 5) is 29.4. The predicted octanol–water partition coefficient (Wildman–Crippen LogP) is 4.19. The first kappa shape index (κ1) is 26.3. The lowest BCUT2D eigenvalue weighted by molar-refractivity contribution is -0.157. The summed E-state index contributed by atoms with van der Waals surface area (Å²) < 4.78 is 5.35. The van der Waals surface area contributed by atoms with Gasteiger partial charge in [0.1, 0.15) is 6.10 Å². The molecule has 0 aromatic heterocycles. The molecule has 5 fully saturated rings. The second-order valence-corrected chi connectivity index (χ2v) is 12.6. The van der Waals surface area contributed by atoms with Gasteiger partial charge in [0.15, 0.2) is 0 Å². The summed E-state index contributed by atoms with van der Waals surface area (Å²) >= 11 is 0. The highest BCUT2D eigenvalue weighted by atomic mass is 16.5. The quantitative estimate of drug-likeness (QED) is 0.601. The Balaban J connectivity index is 1.09. The van der Waals surface area contributed by atoms with Gasteiger partial charge in [-0.2, -0.15) is 0 Å². The molecular weight excluding hydrogens is 476 g/mol. The maximum Gasteiger partial charge on any atom is 0.253 e. The fraction of sp³-hybridized carbons (Fsp3) is 0.742. The molecule has 1 N–H and O–H groups in total. The first-order valence-electron chi connectivity index (χ1n) is 15.3. The third kappa shape index (κ3) is 4.69. The van der Waals surface area contributed by atoms with E-state index in [1.807, 2.05) is 21.9 Å². The highest BCUT2D eigenvalue weighted by Gasteiger charge is 2.57. The number of hydrogen-bond acceptors (Lipinski definition) is 5. The van der Waals surface area contributed by atoms with Gasteiger partial charge >= 0.3 is 0 Å². The zero-order valence-electron chi connectivity index (χ0n) is 23.4. The molecule has 5 unspecified atom stereocenters. The van der Waals surface area contributed by atoms with Crippen molar-refractivity contribution in [3.05, 3.63) is 35.4 Å². The van der Waals surface area contributed by atoms with E-state index in [0.29, 0.717) is 56.2 Å². The number of nitrogens with zero attached hydrogens (tertiary/aromatic N) is 3. The number of rotatable bonds is 4. The molecule has 3 saturated heterocycles. The van der Waals surface area contributed by atoms with Crippen LogP contribution in [0.15, 0.2) is 24.3 Å². The van der Waals surface area contributed by atoms with Crippen molar-refractivity contribution in [2.24, 2.45) is 11.8 Å². The molecule has 3 heterocycles. The summed E-state index contributed by atoms with van der Waals surface area (Å²) in [6.07, 6.45) is 12.6. The monoisotopic (exact) mass is 522 g/mol. The van der Waals surface area contributed by atoms with Gasteiger partial charge in [-0.3, -0.25) is 15.0 Å². The molecule has 0 bridgehead atoms. The van der Waals surface area contributed by atoms with Gasteiger partial charge in [0.25, 0.3) is 11.8 Å². The van der Waals surface area contributed by atoms with Gasteiger partial charge in [0.05, 0.1) is 6.61 Å². The van der Waals surface area contributed by atoms with Crippen molar-refractivity contribution >= 4 is 11.8 Å². The van der Waals surface area contributed by atoms with E-state index in [1.54, 1.807) is 0 Å². The molecule has 6 rings (SSSR count). The number of fused-ring (bicyclic) bond motifs is 1. The van der Waals surface area contributed by atoms with E-state index >= 15 is 0 Å². The average Bonchev–Trinajstić information content (AvgIpc) is 3.08. The second kappa shape index (κ2) is 10.9. The molecule has 5 aliphatic rings. The number of carbonyl (C=O) groups excluding carboxylic acids is 2. The van der Waals surface area contributed by atoms with Crippen LogP contribution in [0.3, 0.4) is 0 Å². The van der Waals surface area contributed by atoms with Crippen LogP contribution in [-0.2, 0) is 9.53 Å². The largest absolute Gasteiger partial charge is 0.368 e. The Labute approximate surface area is 228 Å². The number of hydrazine groups is 1. The van der Waals surface area contributed by atoms with Crippen LogP contribution in [0.25, 0.3) is 0 Å². The zero-order chi connectivity index (χ0) is 26.3. The lowest BCUT2D eigenvalue weighted by Gasteiger charge is -2.51. The molecule has 2 amide bonds. The first-order valence-corrected chi connectivity index (χ1v) is 15.3. The first-order chi connectivity index (χ1) is 18.5. The third-order valence-corrected chi connectivity index (χ3v) is 10.7. The van der Waals surface area contributed by atoms with E-state index in [4.69, 9.17) is 4.74 Å². The van der Waals surface area contributed by atoms with Gasteiger partial charge in [0.2, 0.25) is 0 Å². The van der Waals surface area contributed by atoms with E-state index < -0.39 is 0 Å². The minimum Gasteiger partial charge on any atom is -0.368 e. The zero-order valence-corrected chi connectivity index (χ0v) is 23.4. The minimum atomic E-state index is -0.259. The summed E-state index contributed by atoms with van der Waals surface area (Å²) in [5.74, 6) is 2.19. The van der Waals surface area contributed by atoms with Crippen LogP contribution in [0.2, 0.25) is 0 Å².